The second-order valence-electron chi connectivity index (χ2n) is 5.41. The van der Waals surface area contributed by atoms with Crippen LogP contribution in [0.5, 0.6) is 11.5 Å². The molecule has 6 heteroatoms. The van der Waals surface area contributed by atoms with E-state index in [-0.39, 0.29) is 6.42 Å². The molecule has 0 atom stereocenters. The van der Waals surface area contributed by atoms with Crippen molar-refractivity contribution in [1.29, 1.82) is 0 Å². The van der Waals surface area contributed by atoms with Gasteiger partial charge in [-0.05, 0) is 31.0 Å². The number of hydrogen-bond donors (Lipinski definition) is 1. The summed E-state index contributed by atoms with van der Waals surface area (Å²) >= 11 is 0. The number of carbonyl (C=O) groups is 1. The zero-order valence-electron chi connectivity index (χ0n) is 13.6. The zero-order chi connectivity index (χ0) is 16.5. The van der Waals surface area contributed by atoms with Crippen molar-refractivity contribution in [3.63, 3.8) is 0 Å². The minimum atomic E-state index is -0.797. The molecule has 1 heterocycles. The van der Waals surface area contributed by atoms with Gasteiger partial charge in [0.1, 0.15) is 6.61 Å². The van der Waals surface area contributed by atoms with Gasteiger partial charge in [-0.2, -0.15) is 0 Å². The Bertz CT molecular complexity index is 500. The van der Waals surface area contributed by atoms with Crippen LogP contribution in [-0.4, -0.2) is 62.0 Å². The SMILES string of the molecule is CCOc1cc(CCC(=O)O)ccc1OCCN1CCOCC1. The number of hydrogen-bond acceptors (Lipinski definition) is 5. The van der Waals surface area contributed by atoms with Crippen molar-refractivity contribution in [1.82, 2.24) is 4.90 Å². The van der Waals surface area contributed by atoms with E-state index >= 15 is 0 Å². The van der Waals surface area contributed by atoms with E-state index in [1.54, 1.807) is 0 Å². The lowest BCUT2D eigenvalue weighted by molar-refractivity contribution is -0.136. The predicted octanol–water partition coefficient (Wildman–Crippen LogP) is 1.81. The number of aliphatic carboxylic acids is 1. The number of benzene rings is 1. The Balaban J connectivity index is 1.89. The van der Waals surface area contributed by atoms with Gasteiger partial charge in [-0.1, -0.05) is 6.07 Å². The lowest BCUT2D eigenvalue weighted by Gasteiger charge is -2.26. The van der Waals surface area contributed by atoms with Gasteiger partial charge in [0, 0.05) is 26.1 Å². The molecule has 1 saturated heterocycles. The minimum Gasteiger partial charge on any atom is -0.490 e. The molecule has 23 heavy (non-hydrogen) atoms. The van der Waals surface area contributed by atoms with Crippen LogP contribution in [0.4, 0.5) is 0 Å². The second kappa shape index (κ2) is 9.37. The van der Waals surface area contributed by atoms with Crippen LogP contribution in [0.3, 0.4) is 0 Å². The lowest BCUT2D eigenvalue weighted by Crippen LogP contribution is -2.38. The van der Waals surface area contributed by atoms with E-state index in [0.717, 1.165) is 38.4 Å². The Morgan fingerprint density at radius 1 is 1.26 bits per heavy atom. The Kier molecular flexibility index (Phi) is 7.16. The Labute approximate surface area is 136 Å². The quantitative estimate of drug-likeness (QED) is 0.747. The molecule has 0 amide bonds. The van der Waals surface area contributed by atoms with E-state index < -0.39 is 5.97 Å². The highest BCUT2D eigenvalue weighted by molar-refractivity contribution is 5.67. The molecule has 0 aromatic heterocycles. The van der Waals surface area contributed by atoms with Crippen molar-refractivity contribution in [2.45, 2.75) is 19.8 Å². The molecule has 0 unspecified atom stereocenters. The molecule has 1 aliphatic rings. The van der Waals surface area contributed by atoms with Gasteiger partial charge >= 0.3 is 5.97 Å². The molecule has 1 aromatic rings. The van der Waals surface area contributed by atoms with Gasteiger partial charge in [-0.3, -0.25) is 9.69 Å². The fourth-order valence-corrected chi connectivity index (χ4v) is 2.46. The first kappa shape index (κ1) is 17.6. The molecular formula is C17H25NO5. The van der Waals surface area contributed by atoms with Gasteiger partial charge in [-0.25, -0.2) is 0 Å². The highest BCUT2D eigenvalue weighted by Crippen LogP contribution is 2.29. The summed E-state index contributed by atoms with van der Waals surface area (Å²) < 4.78 is 16.8. The number of morpholine rings is 1. The Morgan fingerprint density at radius 2 is 2.04 bits per heavy atom. The predicted molar refractivity (Wildman–Crippen MR) is 86.3 cm³/mol. The summed E-state index contributed by atoms with van der Waals surface area (Å²) in [4.78, 5) is 13.0. The first-order valence-electron chi connectivity index (χ1n) is 8.09. The van der Waals surface area contributed by atoms with Crippen LogP contribution >= 0.6 is 0 Å². The standard InChI is InChI=1S/C17H25NO5/c1-2-22-16-13-14(4-6-17(19)20)3-5-15(16)23-12-9-18-7-10-21-11-8-18/h3,5,13H,2,4,6-12H2,1H3,(H,19,20). The fourth-order valence-electron chi connectivity index (χ4n) is 2.46. The average Bonchev–Trinajstić information content (AvgIpc) is 2.56. The molecule has 0 radical (unpaired) electrons. The van der Waals surface area contributed by atoms with Crippen LogP contribution in [-0.2, 0) is 16.0 Å². The summed E-state index contributed by atoms with van der Waals surface area (Å²) in [5, 5.41) is 8.77. The van der Waals surface area contributed by atoms with E-state index in [4.69, 9.17) is 19.3 Å². The maximum Gasteiger partial charge on any atom is 0.303 e. The van der Waals surface area contributed by atoms with Crippen LogP contribution in [0.2, 0.25) is 0 Å². The molecule has 0 spiro atoms. The summed E-state index contributed by atoms with van der Waals surface area (Å²) in [6.45, 7) is 7.35. The third-order valence-electron chi connectivity index (χ3n) is 3.70. The number of carboxylic acids is 1. The molecule has 0 bridgehead atoms. The first-order chi connectivity index (χ1) is 11.2. The monoisotopic (exact) mass is 323 g/mol. The number of carboxylic acid groups (broad SMARTS) is 1. The molecule has 1 N–H and O–H groups in total. The van der Waals surface area contributed by atoms with E-state index in [0.29, 0.717) is 31.1 Å². The van der Waals surface area contributed by atoms with Crippen molar-refractivity contribution in [2.75, 3.05) is 46.1 Å². The average molecular weight is 323 g/mol. The summed E-state index contributed by atoms with van der Waals surface area (Å²) in [6, 6.07) is 5.63. The molecule has 0 aliphatic carbocycles. The molecular weight excluding hydrogens is 298 g/mol. The van der Waals surface area contributed by atoms with Crippen LogP contribution in [0, 0.1) is 0 Å². The first-order valence-corrected chi connectivity index (χ1v) is 8.09. The normalized spacial score (nSPS) is 15.3. The second-order valence-corrected chi connectivity index (χ2v) is 5.41. The van der Waals surface area contributed by atoms with Crippen LogP contribution in [0.1, 0.15) is 18.9 Å². The van der Waals surface area contributed by atoms with E-state index in [9.17, 15) is 4.79 Å². The van der Waals surface area contributed by atoms with Crippen molar-refractivity contribution in [3.8, 4) is 11.5 Å². The smallest absolute Gasteiger partial charge is 0.303 e. The fraction of sp³-hybridized carbons (Fsp3) is 0.588. The zero-order valence-corrected chi connectivity index (χ0v) is 13.6. The number of aryl methyl sites for hydroxylation is 1. The summed E-state index contributed by atoms with van der Waals surface area (Å²) in [5.74, 6) is 0.588. The van der Waals surface area contributed by atoms with Crippen molar-refractivity contribution in [2.24, 2.45) is 0 Å². The lowest BCUT2D eigenvalue weighted by atomic mass is 10.1. The molecule has 1 aromatic carbocycles. The van der Waals surface area contributed by atoms with Gasteiger partial charge in [0.25, 0.3) is 0 Å². The topological polar surface area (TPSA) is 68.2 Å². The molecule has 0 saturated carbocycles. The van der Waals surface area contributed by atoms with Crippen LogP contribution in [0.15, 0.2) is 18.2 Å². The highest BCUT2D eigenvalue weighted by atomic mass is 16.5. The van der Waals surface area contributed by atoms with Gasteiger partial charge in [0.05, 0.1) is 19.8 Å². The maximum atomic E-state index is 10.7. The van der Waals surface area contributed by atoms with Gasteiger partial charge < -0.3 is 19.3 Å². The molecule has 1 aliphatic heterocycles. The van der Waals surface area contributed by atoms with Gasteiger partial charge in [-0.15, -0.1) is 0 Å². The molecule has 2 rings (SSSR count). The molecule has 128 valence electrons. The van der Waals surface area contributed by atoms with E-state index in [2.05, 4.69) is 4.90 Å². The maximum absolute atomic E-state index is 10.7. The highest BCUT2D eigenvalue weighted by Gasteiger charge is 2.12. The number of ether oxygens (including phenoxy) is 3. The van der Waals surface area contributed by atoms with Crippen molar-refractivity contribution in [3.05, 3.63) is 23.8 Å². The summed E-state index contributed by atoms with van der Waals surface area (Å²) in [7, 11) is 0. The van der Waals surface area contributed by atoms with Gasteiger partial charge in [0.2, 0.25) is 0 Å². The summed E-state index contributed by atoms with van der Waals surface area (Å²) in [6.07, 6.45) is 0.603. The molecule has 6 nitrogen and oxygen atoms in total. The van der Waals surface area contributed by atoms with E-state index in [1.165, 1.54) is 0 Å². The van der Waals surface area contributed by atoms with Crippen LogP contribution < -0.4 is 9.47 Å². The summed E-state index contributed by atoms with van der Waals surface area (Å²) in [5.41, 5.74) is 0.941. The van der Waals surface area contributed by atoms with Crippen LogP contribution in [0.25, 0.3) is 0 Å². The van der Waals surface area contributed by atoms with Crippen molar-refractivity contribution < 1.29 is 24.1 Å². The Morgan fingerprint density at radius 3 is 2.74 bits per heavy atom. The third-order valence-corrected chi connectivity index (χ3v) is 3.70. The minimum absolute atomic E-state index is 0.114. The Hall–Kier alpha value is -1.79. The largest absolute Gasteiger partial charge is 0.490 e. The number of rotatable bonds is 9. The van der Waals surface area contributed by atoms with Gasteiger partial charge in [0.15, 0.2) is 11.5 Å². The third kappa shape index (κ3) is 6.08. The van der Waals surface area contributed by atoms with Crippen molar-refractivity contribution >= 4 is 5.97 Å². The molecule has 1 fully saturated rings. The number of nitrogens with zero attached hydrogens (tertiary/aromatic N) is 1. The van der Waals surface area contributed by atoms with E-state index in [1.807, 2.05) is 25.1 Å².